The molecular formula is C14H11Br2ClO2. The molecule has 1 N–H and O–H groups in total. The maximum atomic E-state index is 9.04. The molecular weight excluding hydrogens is 395 g/mol. The average Bonchev–Trinajstić information content (AvgIpc) is 2.39. The van der Waals surface area contributed by atoms with Gasteiger partial charge in [-0.1, -0.05) is 39.7 Å². The van der Waals surface area contributed by atoms with Crippen molar-refractivity contribution in [3.8, 4) is 5.75 Å². The molecule has 0 unspecified atom stereocenters. The molecule has 5 heteroatoms. The molecule has 0 aliphatic heterocycles. The maximum absolute atomic E-state index is 9.04. The summed E-state index contributed by atoms with van der Waals surface area (Å²) in [5.74, 6) is 0.719. The highest BCUT2D eigenvalue weighted by atomic mass is 79.9. The molecule has 0 spiro atoms. The van der Waals surface area contributed by atoms with Gasteiger partial charge in [-0.3, -0.25) is 0 Å². The molecule has 100 valence electrons. The molecule has 2 rings (SSSR count). The third-order valence-electron chi connectivity index (χ3n) is 2.58. The summed E-state index contributed by atoms with van der Waals surface area (Å²) in [6, 6.07) is 11.2. The summed E-state index contributed by atoms with van der Waals surface area (Å²) in [4.78, 5) is 0. The standard InChI is InChI=1S/C14H11Br2ClO2/c15-11-3-2-10(13(17)6-11)8-19-14-4-1-9(7-18)5-12(14)16/h1-6,18H,7-8H2. The Morgan fingerprint density at radius 2 is 1.89 bits per heavy atom. The molecule has 0 saturated carbocycles. The fourth-order valence-electron chi connectivity index (χ4n) is 1.55. The predicted octanol–water partition coefficient (Wildman–Crippen LogP) is 4.94. The van der Waals surface area contributed by atoms with Gasteiger partial charge in [-0.15, -0.1) is 0 Å². The van der Waals surface area contributed by atoms with Crippen LogP contribution < -0.4 is 4.74 Å². The number of aliphatic hydroxyl groups is 1. The van der Waals surface area contributed by atoms with Gasteiger partial charge in [0.15, 0.2) is 0 Å². The minimum absolute atomic E-state index is 0.0113. The van der Waals surface area contributed by atoms with E-state index >= 15 is 0 Å². The van der Waals surface area contributed by atoms with E-state index in [1.807, 2.05) is 36.4 Å². The lowest BCUT2D eigenvalue weighted by molar-refractivity contribution is 0.280. The Morgan fingerprint density at radius 1 is 1.11 bits per heavy atom. The highest BCUT2D eigenvalue weighted by Gasteiger charge is 2.05. The highest BCUT2D eigenvalue weighted by molar-refractivity contribution is 9.10. The summed E-state index contributed by atoms with van der Waals surface area (Å²) < 4.78 is 7.47. The second-order valence-electron chi connectivity index (χ2n) is 3.95. The number of benzene rings is 2. The Morgan fingerprint density at radius 3 is 2.53 bits per heavy atom. The molecule has 19 heavy (non-hydrogen) atoms. The van der Waals surface area contributed by atoms with E-state index in [9.17, 15) is 0 Å². The fourth-order valence-corrected chi connectivity index (χ4v) is 2.82. The lowest BCUT2D eigenvalue weighted by Gasteiger charge is -2.10. The van der Waals surface area contributed by atoms with Gasteiger partial charge in [0, 0.05) is 15.1 Å². The van der Waals surface area contributed by atoms with Crippen LogP contribution >= 0.6 is 43.5 Å². The van der Waals surface area contributed by atoms with Crippen molar-refractivity contribution < 1.29 is 9.84 Å². The van der Waals surface area contributed by atoms with Crippen LogP contribution in [0.4, 0.5) is 0 Å². The van der Waals surface area contributed by atoms with Crippen LogP contribution in [0.5, 0.6) is 5.75 Å². The topological polar surface area (TPSA) is 29.5 Å². The average molecular weight is 407 g/mol. The van der Waals surface area contributed by atoms with Crippen molar-refractivity contribution in [1.29, 1.82) is 0 Å². The van der Waals surface area contributed by atoms with Gasteiger partial charge in [0.25, 0.3) is 0 Å². The summed E-state index contributed by atoms with van der Waals surface area (Å²) in [6.07, 6.45) is 0. The zero-order valence-corrected chi connectivity index (χ0v) is 13.8. The van der Waals surface area contributed by atoms with E-state index in [0.717, 1.165) is 25.8 Å². The zero-order valence-electron chi connectivity index (χ0n) is 9.87. The first-order chi connectivity index (χ1) is 9.10. The minimum atomic E-state index is 0.0113. The van der Waals surface area contributed by atoms with Gasteiger partial charge in [0.1, 0.15) is 12.4 Å². The number of ether oxygens (including phenoxy) is 1. The quantitative estimate of drug-likeness (QED) is 0.780. The zero-order chi connectivity index (χ0) is 13.8. The number of halogens is 3. The van der Waals surface area contributed by atoms with E-state index < -0.39 is 0 Å². The van der Waals surface area contributed by atoms with Crippen molar-refractivity contribution in [2.45, 2.75) is 13.2 Å². The summed E-state index contributed by atoms with van der Waals surface area (Å²) in [5.41, 5.74) is 1.75. The third kappa shape index (κ3) is 3.96. The van der Waals surface area contributed by atoms with Crippen LogP contribution in [0.3, 0.4) is 0 Å². The maximum Gasteiger partial charge on any atom is 0.134 e. The molecule has 0 saturated heterocycles. The van der Waals surface area contributed by atoms with Crippen molar-refractivity contribution in [3.63, 3.8) is 0 Å². The molecule has 0 aliphatic rings. The van der Waals surface area contributed by atoms with E-state index in [-0.39, 0.29) is 6.61 Å². The fraction of sp³-hybridized carbons (Fsp3) is 0.143. The Labute approximate surface area is 133 Å². The van der Waals surface area contributed by atoms with Crippen LogP contribution in [-0.2, 0) is 13.2 Å². The van der Waals surface area contributed by atoms with Crippen molar-refractivity contribution in [3.05, 3.63) is 61.5 Å². The van der Waals surface area contributed by atoms with Gasteiger partial charge in [-0.25, -0.2) is 0 Å². The molecule has 0 fully saturated rings. The van der Waals surface area contributed by atoms with E-state index in [4.69, 9.17) is 21.4 Å². The summed E-state index contributed by atoms with van der Waals surface area (Å²) in [5, 5.41) is 9.70. The summed E-state index contributed by atoms with van der Waals surface area (Å²) in [6.45, 7) is 0.403. The van der Waals surface area contributed by atoms with Crippen molar-refractivity contribution >= 4 is 43.5 Å². The smallest absolute Gasteiger partial charge is 0.134 e. The number of hydrogen-bond acceptors (Lipinski definition) is 2. The van der Waals surface area contributed by atoms with E-state index in [1.54, 1.807) is 0 Å². The van der Waals surface area contributed by atoms with Crippen molar-refractivity contribution in [2.75, 3.05) is 0 Å². The Bertz CT molecular complexity index is 588. The van der Waals surface area contributed by atoms with Gasteiger partial charge in [-0.2, -0.15) is 0 Å². The second kappa shape index (κ2) is 6.75. The van der Waals surface area contributed by atoms with Gasteiger partial charge < -0.3 is 9.84 Å². The van der Waals surface area contributed by atoms with Crippen molar-refractivity contribution in [1.82, 2.24) is 0 Å². The Balaban J connectivity index is 2.10. The number of rotatable bonds is 4. The van der Waals surface area contributed by atoms with Crippen LogP contribution in [0, 0.1) is 0 Å². The normalized spacial score (nSPS) is 10.5. The lowest BCUT2D eigenvalue weighted by atomic mass is 10.2. The largest absolute Gasteiger partial charge is 0.488 e. The Hall–Kier alpha value is -0.550. The van der Waals surface area contributed by atoms with Gasteiger partial charge in [0.2, 0.25) is 0 Å². The second-order valence-corrected chi connectivity index (χ2v) is 6.12. The van der Waals surface area contributed by atoms with Crippen LogP contribution in [0.25, 0.3) is 0 Å². The summed E-state index contributed by atoms with van der Waals surface area (Å²) in [7, 11) is 0. The molecule has 0 bridgehead atoms. The SMILES string of the molecule is OCc1ccc(OCc2ccc(Br)cc2Cl)c(Br)c1. The van der Waals surface area contributed by atoms with Gasteiger partial charge in [-0.05, 0) is 45.8 Å². The van der Waals surface area contributed by atoms with Crippen LogP contribution in [0.2, 0.25) is 5.02 Å². The van der Waals surface area contributed by atoms with E-state index in [0.29, 0.717) is 11.6 Å². The first-order valence-corrected chi connectivity index (χ1v) is 7.52. The first kappa shape index (κ1) is 14.9. The predicted molar refractivity (Wildman–Crippen MR) is 83.5 cm³/mol. The molecule has 0 aliphatic carbocycles. The number of hydrogen-bond donors (Lipinski definition) is 1. The van der Waals surface area contributed by atoms with Crippen LogP contribution in [-0.4, -0.2) is 5.11 Å². The van der Waals surface area contributed by atoms with Gasteiger partial charge >= 0.3 is 0 Å². The molecule has 0 heterocycles. The molecule has 2 nitrogen and oxygen atoms in total. The Kier molecular flexibility index (Phi) is 5.28. The highest BCUT2D eigenvalue weighted by Crippen LogP contribution is 2.28. The summed E-state index contributed by atoms with van der Waals surface area (Å²) >= 11 is 12.9. The lowest BCUT2D eigenvalue weighted by Crippen LogP contribution is -1.97. The molecule has 2 aromatic carbocycles. The van der Waals surface area contributed by atoms with E-state index in [1.165, 1.54) is 0 Å². The van der Waals surface area contributed by atoms with Gasteiger partial charge in [0.05, 0.1) is 11.1 Å². The number of aliphatic hydroxyl groups excluding tert-OH is 1. The first-order valence-electron chi connectivity index (χ1n) is 5.56. The molecule has 0 aromatic heterocycles. The molecule has 0 atom stereocenters. The molecule has 0 amide bonds. The monoisotopic (exact) mass is 404 g/mol. The van der Waals surface area contributed by atoms with Crippen LogP contribution in [0.15, 0.2) is 45.3 Å². The third-order valence-corrected chi connectivity index (χ3v) is 4.04. The minimum Gasteiger partial charge on any atom is -0.488 e. The van der Waals surface area contributed by atoms with E-state index in [2.05, 4.69) is 31.9 Å². The van der Waals surface area contributed by atoms with Crippen LogP contribution in [0.1, 0.15) is 11.1 Å². The molecule has 2 aromatic rings. The molecule has 0 radical (unpaired) electrons. The van der Waals surface area contributed by atoms with Crippen molar-refractivity contribution in [2.24, 2.45) is 0 Å².